The van der Waals surface area contributed by atoms with Crippen LogP contribution in [0.1, 0.15) is 78.1 Å². The van der Waals surface area contributed by atoms with Gasteiger partial charge in [0.25, 0.3) is 0 Å². The summed E-state index contributed by atoms with van der Waals surface area (Å²) in [6.07, 6.45) is -38.5. The Morgan fingerprint density at radius 2 is 1.06 bits per heavy atom. The zero-order chi connectivity index (χ0) is 56.4. The largest absolute Gasteiger partial charge is 0.432 e. The Bertz CT molecular complexity index is 2000. The van der Waals surface area contributed by atoms with Gasteiger partial charge in [-0.15, -0.1) is 0 Å². The molecule has 0 amide bonds. The molecule has 0 aromatic heterocycles. The van der Waals surface area contributed by atoms with Crippen LogP contribution in [0.4, 0.5) is 0 Å². The highest BCUT2D eigenvalue weighted by Crippen LogP contribution is 2.75. The van der Waals surface area contributed by atoms with Crippen LogP contribution >= 0.6 is 0 Å². The first-order valence-electron chi connectivity index (χ1n) is 26.7. The summed E-state index contributed by atoms with van der Waals surface area (Å²) in [5.41, 5.74) is -2.10. The summed E-state index contributed by atoms with van der Waals surface area (Å²) in [5, 5.41) is 191. The van der Waals surface area contributed by atoms with Crippen LogP contribution in [0.5, 0.6) is 0 Å². The van der Waals surface area contributed by atoms with E-state index in [1.54, 1.807) is 6.92 Å². The van der Waals surface area contributed by atoms with Crippen LogP contribution in [-0.2, 0) is 42.7 Å². The van der Waals surface area contributed by atoms with Gasteiger partial charge in [0.15, 0.2) is 25.0 Å². The van der Waals surface area contributed by atoms with Gasteiger partial charge >= 0.3 is 5.97 Å². The van der Waals surface area contributed by atoms with E-state index >= 15 is 4.79 Å². The average molecular weight is 1120 g/mol. The molecular formula is C50H82O27. The fraction of sp³-hybridized carbons (Fsp3) is 0.940. The summed E-state index contributed by atoms with van der Waals surface area (Å²) < 4.78 is 47.0. The van der Waals surface area contributed by atoms with Crippen LogP contribution in [0.25, 0.3) is 0 Å². The van der Waals surface area contributed by atoms with Gasteiger partial charge in [-0.3, -0.25) is 4.79 Å². The Labute approximate surface area is 443 Å². The second-order valence-corrected chi connectivity index (χ2v) is 23.6. The predicted molar refractivity (Wildman–Crippen MR) is 252 cm³/mol. The number of rotatable bonds is 18. The molecule has 8 aliphatic rings. The third kappa shape index (κ3) is 10.9. The number of carbonyl (C=O) groups excluding carboxylic acids is 1. The number of allylic oxidation sites excluding steroid dienone is 1. The van der Waals surface area contributed by atoms with Gasteiger partial charge in [-0.2, -0.15) is 0 Å². The molecule has 444 valence electrons. The maximum absolute atomic E-state index is 15.1. The Kier molecular flexibility index (Phi) is 19.0. The van der Waals surface area contributed by atoms with Crippen LogP contribution in [0.3, 0.4) is 0 Å². The molecule has 4 saturated carbocycles. The number of ether oxygens (including phenoxy) is 8. The van der Waals surface area contributed by atoms with Crippen molar-refractivity contribution in [3.8, 4) is 0 Å². The summed E-state index contributed by atoms with van der Waals surface area (Å²) in [6, 6.07) is 0. The fourth-order valence-electron chi connectivity index (χ4n) is 14.9. The number of carbonyl (C=O) groups is 1. The van der Waals surface area contributed by atoms with Gasteiger partial charge in [-0.1, -0.05) is 25.5 Å². The minimum absolute atomic E-state index is 0.0202. The number of hydrogen-bond donors (Lipinski definition) is 18. The number of fused-ring (bicyclic) bond motifs is 3. The van der Waals surface area contributed by atoms with Crippen LogP contribution < -0.4 is 0 Å². The van der Waals surface area contributed by atoms with Crippen molar-refractivity contribution in [1.82, 2.24) is 0 Å². The maximum atomic E-state index is 15.1. The minimum Gasteiger partial charge on any atom is -0.432 e. The van der Waals surface area contributed by atoms with E-state index < -0.39 is 208 Å². The lowest BCUT2D eigenvalue weighted by atomic mass is 9.40. The van der Waals surface area contributed by atoms with Gasteiger partial charge in [0.05, 0.1) is 44.6 Å². The van der Waals surface area contributed by atoms with Gasteiger partial charge < -0.3 is 130 Å². The molecule has 27 nitrogen and oxygen atoms in total. The van der Waals surface area contributed by atoms with Gasteiger partial charge in [0.1, 0.15) is 110 Å². The second kappa shape index (κ2) is 23.8. The second-order valence-electron chi connectivity index (χ2n) is 23.6. The quantitative estimate of drug-likeness (QED) is 0.0448. The minimum atomic E-state index is -2.02. The van der Waals surface area contributed by atoms with Gasteiger partial charge in [0, 0.05) is 0 Å². The van der Waals surface area contributed by atoms with E-state index in [-0.39, 0.29) is 18.3 Å². The summed E-state index contributed by atoms with van der Waals surface area (Å²) in [5.74, 6) is -1.13. The smallest absolute Gasteiger partial charge is 0.314 e. The fourth-order valence-corrected chi connectivity index (χ4v) is 14.9. The summed E-state index contributed by atoms with van der Waals surface area (Å²) in [7, 11) is 0. The first-order valence-corrected chi connectivity index (χ1v) is 26.7. The number of esters is 1. The lowest BCUT2D eigenvalue weighted by molar-refractivity contribution is -0.391. The highest BCUT2D eigenvalue weighted by atomic mass is 16.8. The molecule has 0 aromatic rings. The first kappa shape index (κ1) is 61.3. The van der Waals surface area contributed by atoms with Crippen LogP contribution in [0, 0.1) is 33.5 Å². The molecule has 2 bridgehead atoms. The van der Waals surface area contributed by atoms with E-state index in [2.05, 4.69) is 13.5 Å². The first-order chi connectivity index (χ1) is 36.3. The lowest BCUT2D eigenvalue weighted by Crippen LogP contribution is -2.67. The standard InChI is InChI=1S/C50H82O27/c1-19-11-50-10-5-26-47(2,27(50)6-9-49(19,18-50)12-21(29(58)28(57)20(56)13-51)70-42-38(67)34(63)30(59)22(14-52)71-42)7-4-8-48(26,3)46(69)77-45-41(37(66)33(62)25(17-55)74-45)76-44-40(36(65)32(61)24(16-54)73-44)75-43-39(68)35(64)31(60)23(15-53)72-43/h20-45,51-68H,1,4-18H2,2-3H3/t20?,21?,22?,23?,24?,25?,26-,27-,28?,29?,30?,31?,32?,33?,34?,35?,36?,37?,38?,39?,40?,41?,42?,43?,44?,45?,47+,48+,49-,50+/m0/s1. The van der Waals surface area contributed by atoms with Gasteiger partial charge in [-0.05, 0) is 92.8 Å². The molecule has 30 atom stereocenters. The Hall–Kier alpha value is -1.79. The Morgan fingerprint density at radius 3 is 1.62 bits per heavy atom. The molecule has 8 rings (SSSR count). The third-order valence-electron chi connectivity index (χ3n) is 19.2. The highest BCUT2D eigenvalue weighted by molar-refractivity contribution is 5.77. The van der Waals surface area contributed by atoms with Crippen molar-refractivity contribution in [3.05, 3.63) is 12.2 Å². The Morgan fingerprint density at radius 1 is 0.584 bits per heavy atom. The van der Waals surface area contributed by atoms with E-state index in [1.165, 1.54) is 0 Å². The average Bonchev–Trinajstić information content (AvgIpc) is 3.72. The normalized spacial score (nSPS) is 50.7. The van der Waals surface area contributed by atoms with E-state index in [4.69, 9.17) is 37.9 Å². The van der Waals surface area contributed by atoms with Gasteiger partial charge in [-0.25, -0.2) is 0 Å². The van der Waals surface area contributed by atoms with E-state index in [0.717, 1.165) is 5.57 Å². The van der Waals surface area contributed by atoms with Crippen LogP contribution in [0.2, 0.25) is 0 Å². The summed E-state index contributed by atoms with van der Waals surface area (Å²) in [4.78, 5) is 15.1. The summed E-state index contributed by atoms with van der Waals surface area (Å²) >= 11 is 0. The molecule has 27 heteroatoms. The SMILES string of the molecule is C=C1C[C@@]23CC[C@H]4[C@@](C)(CCC[C@@]4(C)C(=O)OC4OC(CO)C(O)C(O)C4OC4OC(CO)C(O)C(O)C4OC4OC(CO)C(O)C(O)C4O)[C@@H]2CC[C@]1(CC(OC1OC(CO)C(O)C(O)C1O)C(O)C(O)C(O)CO)C3. The van der Waals surface area contributed by atoms with Crippen molar-refractivity contribution < 1.29 is 135 Å². The number of aliphatic hydroxyl groups excluding tert-OH is 18. The topological polar surface area (TPSA) is 455 Å². The van der Waals surface area contributed by atoms with Crippen molar-refractivity contribution in [2.45, 2.75) is 225 Å². The molecule has 4 aliphatic heterocycles. The molecule has 1 spiro atoms. The predicted octanol–water partition coefficient (Wildman–Crippen LogP) is -7.03. The molecule has 8 fully saturated rings. The van der Waals surface area contributed by atoms with E-state index in [9.17, 15) is 91.9 Å². The number of hydrogen-bond acceptors (Lipinski definition) is 27. The van der Waals surface area contributed by atoms with Gasteiger partial charge in [0.2, 0.25) is 6.29 Å². The van der Waals surface area contributed by atoms with E-state index in [0.29, 0.717) is 57.8 Å². The van der Waals surface area contributed by atoms with Crippen molar-refractivity contribution in [1.29, 1.82) is 0 Å². The van der Waals surface area contributed by atoms with Crippen LogP contribution in [0.15, 0.2) is 12.2 Å². The number of aliphatic hydroxyl groups is 18. The molecule has 4 heterocycles. The van der Waals surface area contributed by atoms with Crippen molar-refractivity contribution in [2.24, 2.45) is 33.5 Å². The Balaban J connectivity index is 1.02. The molecule has 24 unspecified atom stereocenters. The monoisotopic (exact) mass is 1110 g/mol. The lowest BCUT2D eigenvalue weighted by Gasteiger charge is -2.64. The molecule has 4 saturated heterocycles. The highest BCUT2D eigenvalue weighted by Gasteiger charge is 2.69. The van der Waals surface area contributed by atoms with Crippen LogP contribution in [-0.4, -0.2) is 278 Å². The molecule has 0 aromatic carbocycles. The molecule has 4 aliphatic carbocycles. The van der Waals surface area contributed by atoms with Crippen molar-refractivity contribution in [2.75, 3.05) is 33.0 Å². The molecular weight excluding hydrogens is 1030 g/mol. The molecule has 77 heavy (non-hydrogen) atoms. The molecule has 18 N–H and O–H groups in total. The molecule has 0 radical (unpaired) electrons. The zero-order valence-corrected chi connectivity index (χ0v) is 43.0. The van der Waals surface area contributed by atoms with Crippen molar-refractivity contribution >= 4 is 5.97 Å². The van der Waals surface area contributed by atoms with E-state index in [1.807, 2.05) is 0 Å². The third-order valence-corrected chi connectivity index (χ3v) is 19.2. The zero-order valence-electron chi connectivity index (χ0n) is 43.0. The van der Waals surface area contributed by atoms with Crippen molar-refractivity contribution in [3.63, 3.8) is 0 Å². The maximum Gasteiger partial charge on any atom is 0.314 e. The summed E-state index contributed by atoms with van der Waals surface area (Å²) in [6.45, 7) is 4.15.